The highest BCUT2D eigenvalue weighted by atomic mass is 16.3. The molecule has 8 aromatic carbocycles. The summed E-state index contributed by atoms with van der Waals surface area (Å²) in [6, 6.07) is 59.6. The Bertz CT molecular complexity index is 3040. The molecular formula is C54H39NO. The number of hydrogen-bond donors (Lipinski definition) is 0. The van der Waals surface area contributed by atoms with Gasteiger partial charge in [-0.2, -0.15) is 0 Å². The van der Waals surface area contributed by atoms with Crippen molar-refractivity contribution < 1.29 is 4.42 Å². The van der Waals surface area contributed by atoms with Crippen molar-refractivity contribution in [3.63, 3.8) is 0 Å². The zero-order valence-electron chi connectivity index (χ0n) is 31.0. The number of furan rings is 1. The summed E-state index contributed by atoms with van der Waals surface area (Å²) in [6.45, 7) is 0. The van der Waals surface area contributed by atoms with Gasteiger partial charge in [0.25, 0.3) is 0 Å². The molecule has 0 saturated carbocycles. The van der Waals surface area contributed by atoms with Gasteiger partial charge >= 0.3 is 0 Å². The van der Waals surface area contributed by atoms with Crippen molar-refractivity contribution in [3.05, 3.63) is 210 Å². The van der Waals surface area contributed by atoms with Crippen molar-refractivity contribution in [2.24, 2.45) is 0 Å². The second-order valence-electron chi connectivity index (χ2n) is 15.1. The van der Waals surface area contributed by atoms with E-state index in [9.17, 15) is 0 Å². The zero-order chi connectivity index (χ0) is 37.0. The number of fused-ring (bicyclic) bond motifs is 7. The quantitative estimate of drug-likeness (QED) is 0.170. The highest BCUT2D eigenvalue weighted by Gasteiger charge is 2.27. The first-order chi connectivity index (χ1) is 27.8. The summed E-state index contributed by atoms with van der Waals surface area (Å²) in [6.07, 6.45) is 14.6. The monoisotopic (exact) mass is 717 g/mol. The number of aryl methyl sites for hydroxylation is 1. The summed E-state index contributed by atoms with van der Waals surface area (Å²) in [5.74, 6) is 0.231. The summed E-state index contributed by atoms with van der Waals surface area (Å²) >= 11 is 0. The van der Waals surface area contributed by atoms with Crippen LogP contribution in [0, 0.1) is 0 Å². The Balaban J connectivity index is 1.14. The van der Waals surface area contributed by atoms with Gasteiger partial charge in [0.1, 0.15) is 11.2 Å². The predicted molar refractivity (Wildman–Crippen MR) is 237 cm³/mol. The van der Waals surface area contributed by atoms with Crippen molar-refractivity contribution in [2.75, 3.05) is 4.90 Å². The molecule has 0 saturated heterocycles. The lowest BCUT2D eigenvalue weighted by Gasteiger charge is -2.31. The molecular weight excluding hydrogens is 679 g/mol. The standard InChI is InChI=1S/C54H39NO/c1-2-14-36(15-3-1)37-30-32-38(33-31-37)41-20-10-21-42(34-41)55(50-27-12-19-40-17-5-7-23-44(40)50)51-28-13-29-52-53(51)49-35-48(46-24-8-9-25-47(46)54(49)56-52)45-26-11-18-39-16-4-6-22-43(39)45/h1-8,10-19,21-24,26-35,41H,9,20,25H2. The highest BCUT2D eigenvalue weighted by Crippen LogP contribution is 2.48. The minimum Gasteiger partial charge on any atom is -0.456 e. The molecule has 0 amide bonds. The Hall–Kier alpha value is -6.90. The van der Waals surface area contributed by atoms with Gasteiger partial charge in [-0.3, -0.25) is 0 Å². The van der Waals surface area contributed by atoms with Crippen LogP contribution in [0.1, 0.15) is 35.4 Å². The molecule has 2 aliphatic carbocycles. The molecule has 0 fully saturated rings. The molecule has 0 bridgehead atoms. The van der Waals surface area contributed by atoms with Crippen molar-refractivity contribution in [1.82, 2.24) is 0 Å². The number of allylic oxidation sites excluding steroid dienone is 4. The van der Waals surface area contributed by atoms with Gasteiger partial charge < -0.3 is 9.32 Å². The van der Waals surface area contributed by atoms with E-state index < -0.39 is 0 Å². The largest absolute Gasteiger partial charge is 0.456 e. The van der Waals surface area contributed by atoms with Gasteiger partial charge in [-0.25, -0.2) is 0 Å². The lowest BCUT2D eigenvalue weighted by Crippen LogP contribution is -2.18. The van der Waals surface area contributed by atoms with Gasteiger partial charge in [0.2, 0.25) is 0 Å². The molecule has 0 radical (unpaired) electrons. The lowest BCUT2D eigenvalue weighted by atomic mass is 9.86. The van der Waals surface area contributed by atoms with Crippen LogP contribution in [0.2, 0.25) is 0 Å². The molecule has 0 N–H and O–H groups in total. The minimum atomic E-state index is 0.231. The molecule has 1 aromatic heterocycles. The van der Waals surface area contributed by atoms with Gasteiger partial charge in [-0.1, -0.05) is 164 Å². The van der Waals surface area contributed by atoms with E-state index in [2.05, 4.69) is 199 Å². The van der Waals surface area contributed by atoms with Crippen LogP contribution in [0.15, 0.2) is 198 Å². The molecule has 0 aliphatic heterocycles. The molecule has 0 spiro atoms. The van der Waals surface area contributed by atoms with Crippen LogP contribution >= 0.6 is 0 Å². The average Bonchev–Trinajstić information content (AvgIpc) is 3.66. The highest BCUT2D eigenvalue weighted by molar-refractivity contribution is 6.17. The van der Waals surface area contributed by atoms with Crippen molar-refractivity contribution >= 4 is 60.9 Å². The third kappa shape index (κ3) is 5.40. The Labute approximate surface area is 327 Å². The first-order valence-electron chi connectivity index (χ1n) is 19.8. The van der Waals surface area contributed by atoms with Crippen LogP contribution in [0.25, 0.3) is 71.8 Å². The number of rotatable bonds is 6. The average molecular weight is 718 g/mol. The maximum Gasteiger partial charge on any atom is 0.139 e. The first-order valence-corrected chi connectivity index (χ1v) is 19.8. The Morgan fingerprint density at radius 3 is 2.09 bits per heavy atom. The van der Waals surface area contributed by atoms with Crippen molar-refractivity contribution in [2.45, 2.75) is 25.2 Å². The van der Waals surface area contributed by atoms with Crippen molar-refractivity contribution in [3.8, 4) is 22.3 Å². The third-order valence-corrected chi connectivity index (χ3v) is 11.8. The molecule has 1 atom stereocenters. The van der Waals surface area contributed by atoms with E-state index in [1.165, 1.54) is 60.5 Å². The SMILES string of the molecule is C1=Cc2c(-c3cccc4ccccc34)cc3c(oc4cccc(N(C5=CC(c6ccc(-c7ccccc7)cc6)CC=C5)c5cccc6ccccc56)c43)c2CC1. The maximum atomic E-state index is 6.97. The molecule has 56 heavy (non-hydrogen) atoms. The van der Waals surface area contributed by atoms with E-state index in [0.29, 0.717) is 0 Å². The van der Waals surface area contributed by atoms with Crippen LogP contribution < -0.4 is 4.90 Å². The van der Waals surface area contributed by atoms with Gasteiger partial charge in [0, 0.05) is 28.0 Å². The van der Waals surface area contributed by atoms with E-state index in [4.69, 9.17) is 4.42 Å². The van der Waals surface area contributed by atoms with Gasteiger partial charge in [0.15, 0.2) is 0 Å². The Morgan fingerprint density at radius 2 is 1.23 bits per heavy atom. The normalized spacial score (nSPS) is 15.1. The van der Waals surface area contributed by atoms with Crippen LogP contribution in [0.4, 0.5) is 11.4 Å². The maximum absolute atomic E-state index is 6.97. The summed E-state index contributed by atoms with van der Waals surface area (Å²) in [4.78, 5) is 2.48. The number of hydrogen-bond acceptors (Lipinski definition) is 2. The van der Waals surface area contributed by atoms with E-state index >= 15 is 0 Å². The third-order valence-electron chi connectivity index (χ3n) is 11.8. The number of benzene rings is 8. The van der Waals surface area contributed by atoms with Gasteiger partial charge in [0.05, 0.1) is 16.8 Å². The first kappa shape index (κ1) is 32.5. The van der Waals surface area contributed by atoms with E-state index in [1.807, 2.05) is 0 Å². The molecule has 1 unspecified atom stereocenters. The molecule has 9 aromatic rings. The predicted octanol–water partition coefficient (Wildman–Crippen LogP) is 15.0. The molecule has 2 aliphatic rings. The van der Waals surface area contributed by atoms with Crippen LogP contribution in [0.5, 0.6) is 0 Å². The van der Waals surface area contributed by atoms with E-state index in [0.717, 1.165) is 58.3 Å². The van der Waals surface area contributed by atoms with Gasteiger partial charge in [-0.05, 0) is 99.1 Å². The Kier molecular flexibility index (Phi) is 7.81. The lowest BCUT2D eigenvalue weighted by molar-refractivity contribution is 0.661. The molecule has 1 heterocycles. The van der Waals surface area contributed by atoms with Crippen LogP contribution in [-0.4, -0.2) is 0 Å². The zero-order valence-corrected chi connectivity index (χ0v) is 31.0. The fourth-order valence-electron chi connectivity index (χ4n) is 9.17. The summed E-state index contributed by atoms with van der Waals surface area (Å²) in [5.41, 5.74) is 14.2. The molecule has 266 valence electrons. The Morgan fingerprint density at radius 1 is 0.536 bits per heavy atom. The fraction of sp³-hybridized carbons (Fsp3) is 0.0741. The molecule has 11 rings (SSSR count). The fourth-order valence-corrected chi connectivity index (χ4v) is 9.17. The van der Waals surface area contributed by atoms with E-state index in [-0.39, 0.29) is 5.92 Å². The van der Waals surface area contributed by atoms with Crippen molar-refractivity contribution in [1.29, 1.82) is 0 Å². The minimum absolute atomic E-state index is 0.231. The summed E-state index contributed by atoms with van der Waals surface area (Å²) in [5, 5.41) is 7.23. The smallest absolute Gasteiger partial charge is 0.139 e. The summed E-state index contributed by atoms with van der Waals surface area (Å²) in [7, 11) is 0. The second kappa shape index (κ2) is 13.4. The van der Waals surface area contributed by atoms with Crippen LogP contribution in [-0.2, 0) is 6.42 Å². The molecule has 2 nitrogen and oxygen atoms in total. The van der Waals surface area contributed by atoms with Crippen LogP contribution in [0.3, 0.4) is 0 Å². The second-order valence-corrected chi connectivity index (χ2v) is 15.1. The molecule has 2 heteroatoms. The number of anilines is 2. The van der Waals surface area contributed by atoms with E-state index in [1.54, 1.807) is 0 Å². The topological polar surface area (TPSA) is 16.4 Å². The number of nitrogens with zero attached hydrogens (tertiary/aromatic N) is 1. The van der Waals surface area contributed by atoms with Gasteiger partial charge in [-0.15, -0.1) is 0 Å². The summed E-state index contributed by atoms with van der Waals surface area (Å²) < 4.78 is 6.97.